The summed E-state index contributed by atoms with van der Waals surface area (Å²) in [5.74, 6) is 1.41. The van der Waals surface area contributed by atoms with Gasteiger partial charge in [0.25, 0.3) is 0 Å². The van der Waals surface area contributed by atoms with Crippen LogP contribution in [0.5, 0.6) is 0 Å². The van der Waals surface area contributed by atoms with Gasteiger partial charge in [-0.3, -0.25) is 0 Å². The molecule has 2 amide bonds. The molecular weight excluding hydrogens is 316 g/mol. The molecule has 1 unspecified atom stereocenters. The predicted molar refractivity (Wildman–Crippen MR) is 98.5 cm³/mol. The van der Waals surface area contributed by atoms with E-state index < -0.39 is 6.10 Å². The molecule has 1 aromatic heterocycles. The van der Waals surface area contributed by atoms with Crippen molar-refractivity contribution >= 4 is 11.8 Å². The Hall–Kier alpha value is -1.82. The Morgan fingerprint density at radius 2 is 2.04 bits per heavy atom. The van der Waals surface area contributed by atoms with Gasteiger partial charge >= 0.3 is 6.03 Å². The number of aliphatic hydroxyl groups excluding tert-OH is 1. The average molecular weight is 346 g/mol. The number of carbonyl (C=O) groups is 1. The van der Waals surface area contributed by atoms with Crippen molar-refractivity contribution in [3.05, 3.63) is 23.9 Å². The lowest BCUT2D eigenvalue weighted by Gasteiger charge is -2.22. The van der Waals surface area contributed by atoms with E-state index in [-0.39, 0.29) is 6.03 Å². The van der Waals surface area contributed by atoms with Crippen LogP contribution in [0.2, 0.25) is 0 Å². The number of hydrogen-bond donors (Lipinski definition) is 2. The number of aromatic nitrogens is 1. The predicted octanol–water partition coefficient (Wildman–Crippen LogP) is 2.37. The van der Waals surface area contributed by atoms with Crippen molar-refractivity contribution in [2.75, 3.05) is 31.6 Å². The second kappa shape index (κ2) is 8.52. The molecule has 2 fully saturated rings. The van der Waals surface area contributed by atoms with Gasteiger partial charge in [-0.15, -0.1) is 0 Å². The second-order valence-corrected chi connectivity index (χ2v) is 7.37. The molecule has 1 aromatic rings. The number of urea groups is 1. The summed E-state index contributed by atoms with van der Waals surface area (Å²) in [4.78, 5) is 20.6. The molecule has 138 valence electrons. The number of nitrogens with one attached hydrogen (secondary N) is 1. The average Bonchev–Trinajstić information content (AvgIpc) is 3.46. The van der Waals surface area contributed by atoms with Gasteiger partial charge in [0.1, 0.15) is 5.82 Å². The molecule has 2 heterocycles. The summed E-state index contributed by atoms with van der Waals surface area (Å²) in [5, 5.41) is 12.8. The highest BCUT2D eigenvalue weighted by Gasteiger charge is 2.31. The Morgan fingerprint density at radius 1 is 1.32 bits per heavy atom. The monoisotopic (exact) mass is 346 g/mol. The quantitative estimate of drug-likeness (QED) is 0.830. The number of pyridine rings is 1. The molecule has 1 aliphatic heterocycles. The van der Waals surface area contributed by atoms with Crippen LogP contribution in [0, 0.1) is 5.92 Å². The largest absolute Gasteiger partial charge is 0.391 e. The van der Waals surface area contributed by atoms with Gasteiger partial charge < -0.3 is 20.2 Å². The van der Waals surface area contributed by atoms with Crippen molar-refractivity contribution in [1.29, 1.82) is 0 Å². The van der Waals surface area contributed by atoms with Crippen LogP contribution in [0.1, 0.15) is 44.1 Å². The molecule has 6 nitrogen and oxygen atoms in total. The third kappa shape index (κ3) is 5.33. The molecule has 2 N–H and O–H groups in total. The summed E-state index contributed by atoms with van der Waals surface area (Å²) in [7, 11) is 1.72. The van der Waals surface area contributed by atoms with Crippen LogP contribution in [0.4, 0.5) is 10.6 Å². The van der Waals surface area contributed by atoms with Crippen molar-refractivity contribution in [2.45, 2.75) is 51.2 Å². The number of likely N-dealkylation sites (N-methyl/N-ethyl adjacent to an activating group) is 1. The third-order valence-corrected chi connectivity index (χ3v) is 5.16. The molecule has 1 saturated carbocycles. The summed E-state index contributed by atoms with van der Waals surface area (Å²) in [5.41, 5.74) is 0.989. The number of anilines is 1. The van der Waals surface area contributed by atoms with Crippen LogP contribution in [0.15, 0.2) is 18.3 Å². The van der Waals surface area contributed by atoms with E-state index in [1.165, 1.54) is 25.7 Å². The Bertz CT molecular complexity index is 551. The SMILES string of the molecule is CN(CC(O)C1CC1)C(=O)NCc1ccc(N2CCCCCC2)nc1. The van der Waals surface area contributed by atoms with Crippen molar-refractivity contribution in [3.63, 3.8) is 0 Å². The summed E-state index contributed by atoms with van der Waals surface area (Å²) >= 11 is 0. The second-order valence-electron chi connectivity index (χ2n) is 7.37. The smallest absolute Gasteiger partial charge is 0.317 e. The van der Waals surface area contributed by atoms with E-state index in [4.69, 9.17) is 0 Å². The Balaban J connectivity index is 1.45. The van der Waals surface area contributed by atoms with Gasteiger partial charge in [-0.2, -0.15) is 0 Å². The summed E-state index contributed by atoms with van der Waals surface area (Å²) in [6.45, 7) is 3.01. The fourth-order valence-corrected chi connectivity index (χ4v) is 3.31. The molecule has 2 aliphatic rings. The van der Waals surface area contributed by atoms with Crippen LogP contribution < -0.4 is 10.2 Å². The molecule has 0 aromatic carbocycles. The number of nitrogens with zero attached hydrogens (tertiary/aromatic N) is 3. The Morgan fingerprint density at radius 3 is 2.64 bits per heavy atom. The third-order valence-electron chi connectivity index (χ3n) is 5.16. The zero-order valence-electron chi connectivity index (χ0n) is 15.2. The highest BCUT2D eigenvalue weighted by atomic mass is 16.3. The van der Waals surface area contributed by atoms with Gasteiger partial charge in [0.05, 0.1) is 6.10 Å². The number of amides is 2. The summed E-state index contributed by atoms with van der Waals surface area (Å²) in [6, 6.07) is 3.93. The van der Waals surface area contributed by atoms with Gasteiger partial charge in [-0.05, 0) is 43.2 Å². The lowest BCUT2D eigenvalue weighted by molar-refractivity contribution is 0.113. The zero-order valence-corrected chi connectivity index (χ0v) is 15.2. The van der Waals surface area contributed by atoms with Gasteiger partial charge in [0, 0.05) is 39.4 Å². The first-order chi connectivity index (χ1) is 12.1. The topological polar surface area (TPSA) is 68.7 Å². The van der Waals surface area contributed by atoms with Gasteiger partial charge in [0.15, 0.2) is 0 Å². The molecule has 25 heavy (non-hydrogen) atoms. The maximum absolute atomic E-state index is 12.1. The number of hydrogen-bond acceptors (Lipinski definition) is 4. The number of rotatable bonds is 6. The van der Waals surface area contributed by atoms with Crippen LogP contribution in [-0.4, -0.2) is 53.8 Å². The van der Waals surface area contributed by atoms with E-state index in [1.54, 1.807) is 11.9 Å². The molecule has 0 radical (unpaired) electrons. The molecule has 1 atom stereocenters. The van der Waals surface area contributed by atoms with E-state index >= 15 is 0 Å². The van der Waals surface area contributed by atoms with Crippen molar-refractivity contribution in [3.8, 4) is 0 Å². The molecule has 1 aliphatic carbocycles. The molecule has 1 saturated heterocycles. The van der Waals surface area contributed by atoms with Crippen LogP contribution >= 0.6 is 0 Å². The van der Waals surface area contributed by atoms with E-state index in [0.717, 1.165) is 37.3 Å². The minimum atomic E-state index is -0.398. The highest BCUT2D eigenvalue weighted by molar-refractivity contribution is 5.73. The molecular formula is C19H30N4O2. The van der Waals surface area contributed by atoms with Crippen molar-refractivity contribution in [1.82, 2.24) is 15.2 Å². The normalized spacial score (nSPS) is 19.2. The highest BCUT2D eigenvalue weighted by Crippen LogP contribution is 2.32. The molecule has 0 bridgehead atoms. The van der Waals surface area contributed by atoms with Gasteiger partial charge in [-0.25, -0.2) is 9.78 Å². The molecule has 6 heteroatoms. The van der Waals surface area contributed by atoms with Crippen LogP contribution in [0.25, 0.3) is 0 Å². The number of carbonyl (C=O) groups excluding carboxylic acids is 1. The fourth-order valence-electron chi connectivity index (χ4n) is 3.31. The van der Waals surface area contributed by atoms with E-state index in [1.807, 2.05) is 18.3 Å². The minimum absolute atomic E-state index is 0.156. The molecule has 0 spiro atoms. The maximum Gasteiger partial charge on any atom is 0.317 e. The summed E-state index contributed by atoms with van der Waals surface area (Å²) in [6.07, 6.45) is 8.69. The summed E-state index contributed by atoms with van der Waals surface area (Å²) < 4.78 is 0. The lowest BCUT2D eigenvalue weighted by Crippen LogP contribution is -2.41. The minimum Gasteiger partial charge on any atom is -0.391 e. The molecule has 3 rings (SSSR count). The standard InChI is InChI=1S/C19H30N4O2/c1-22(14-17(24)16-7-8-16)19(25)21-13-15-6-9-18(20-12-15)23-10-4-2-3-5-11-23/h6,9,12,16-17,24H,2-5,7-8,10-11,13-14H2,1H3,(H,21,25). The maximum atomic E-state index is 12.1. The van der Waals surface area contributed by atoms with Gasteiger partial charge in [-0.1, -0.05) is 18.9 Å². The van der Waals surface area contributed by atoms with Crippen LogP contribution in [-0.2, 0) is 6.54 Å². The van der Waals surface area contributed by atoms with Crippen LogP contribution in [0.3, 0.4) is 0 Å². The van der Waals surface area contributed by atoms with E-state index in [2.05, 4.69) is 15.2 Å². The lowest BCUT2D eigenvalue weighted by atomic mass is 10.2. The fraction of sp³-hybridized carbons (Fsp3) is 0.684. The zero-order chi connectivity index (χ0) is 17.6. The van der Waals surface area contributed by atoms with Gasteiger partial charge in [0.2, 0.25) is 0 Å². The van der Waals surface area contributed by atoms with Crippen molar-refractivity contribution < 1.29 is 9.90 Å². The Kier molecular flexibility index (Phi) is 6.13. The number of aliphatic hydroxyl groups is 1. The van der Waals surface area contributed by atoms with E-state index in [0.29, 0.717) is 19.0 Å². The first-order valence-electron chi connectivity index (χ1n) is 9.50. The Labute approximate surface area is 150 Å². The first-order valence-corrected chi connectivity index (χ1v) is 9.50. The first kappa shape index (κ1) is 18.0. The van der Waals surface area contributed by atoms with Crippen molar-refractivity contribution in [2.24, 2.45) is 5.92 Å². The van der Waals surface area contributed by atoms with E-state index in [9.17, 15) is 9.90 Å².